The Morgan fingerprint density at radius 2 is 1.81 bits per heavy atom. The van der Waals surface area contributed by atoms with Gasteiger partial charge in [-0.25, -0.2) is 0 Å². The molecule has 0 aliphatic rings. The van der Waals surface area contributed by atoms with Crippen molar-refractivity contribution in [1.82, 2.24) is 10.6 Å². The van der Waals surface area contributed by atoms with E-state index in [-0.39, 0.29) is 24.0 Å². The predicted molar refractivity (Wildman–Crippen MR) is 115 cm³/mol. The minimum Gasteiger partial charge on any atom is -0.496 e. The number of aliphatic imine (C=N–C) groups is 1. The topological polar surface area (TPSA) is 68.0 Å². The molecule has 1 aromatic heterocycles. The van der Waals surface area contributed by atoms with E-state index in [0.717, 1.165) is 43.4 Å². The highest BCUT2D eigenvalue weighted by molar-refractivity contribution is 14.0. The van der Waals surface area contributed by atoms with Gasteiger partial charge in [0.1, 0.15) is 11.5 Å². The number of nitrogens with zero attached hydrogens (tertiary/aromatic N) is 1. The zero-order valence-electron chi connectivity index (χ0n) is 15.4. The molecule has 2 aromatic rings. The molecule has 0 saturated carbocycles. The van der Waals surface area contributed by atoms with Crippen molar-refractivity contribution >= 4 is 29.9 Å². The molecule has 0 amide bonds. The van der Waals surface area contributed by atoms with Gasteiger partial charge in [0.15, 0.2) is 5.96 Å². The average Bonchev–Trinajstić information content (AvgIpc) is 3.15. The first kappa shape index (κ1) is 22.3. The van der Waals surface area contributed by atoms with Crippen molar-refractivity contribution in [2.24, 2.45) is 4.99 Å². The highest BCUT2D eigenvalue weighted by Gasteiger charge is 2.03. The Balaban J connectivity index is 0.00000338. The Morgan fingerprint density at radius 3 is 2.50 bits per heavy atom. The van der Waals surface area contributed by atoms with Crippen LogP contribution in [0.5, 0.6) is 5.75 Å². The molecule has 0 bridgehead atoms. The summed E-state index contributed by atoms with van der Waals surface area (Å²) in [6, 6.07) is 11.9. The Morgan fingerprint density at radius 1 is 1.04 bits per heavy atom. The normalized spacial score (nSPS) is 10.9. The number of furan rings is 1. The number of benzene rings is 1. The van der Waals surface area contributed by atoms with Gasteiger partial charge in [0.25, 0.3) is 0 Å². The molecule has 0 aliphatic carbocycles. The Labute approximate surface area is 172 Å². The molecule has 7 heteroatoms. The van der Waals surface area contributed by atoms with Crippen LogP contribution in [0.25, 0.3) is 0 Å². The van der Waals surface area contributed by atoms with E-state index in [2.05, 4.69) is 21.7 Å². The molecule has 1 heterocycles. The van der Waals surface area contributed by atoms with Gasteiger partial charge >= 0.3 is 0 Å². The van der Waals surface area contributed by atoms with Crippen molar-refractivity contribution in [2.75, 3.05) is 40.5 Å². The van der Waals surface area contributed by atoms with Crippen molar-refractivity contribution in [3.8, 4) is 5.75 Å². The molecule has 0 radical (unpaired) electrons. The predicted octanol–water partition coefficient (Wildman–Crippen LogP) is 2.87. The quantitative estimate of drug-likeness (QED) is 0.241. The zero-order chi connectivity index (χ0) is 17.7. The lowest BCUT2D eigenvalue weighted by Crippen LogP contribution is -2.39. The summed E-state index contributed by atoms with van der Waals surface area (Å²) in [7, 11) is 3.37. The van der Waals surface area contributed by atoms with Gasteiger partial charge in [-0.3, -0.25) is 4.99 Å². The van der Waals surface area contributed by atoms with Crippen LogP contribution in [0.4, 0.5) is 0 Å². The highest BCUT2D eigenvalue weighted by atomic mass is 127. The van der Waals surface area contributed by atoms with Crippen molar-refractivity contribution in [2.45, 2.75) is 12.8 Å². The van der Waals surface area contributed by atoms with Crippen LogP contribution < -0.4 is 15.4 Å². The van der Waals surface area contributed by atoms with E-state index < -0.39 is 0 Å². The molecule has 0 unspecified atom stereocenters. The fourth-order valence-electron chi connectivity index (χ4n) is 2.41. The molecule has 1 aromatic carbocycles. The van der Waals surface area contributed by atoms with Crippen LogP contribution in [-0.4, -0.2) is 46.4 Å². The fourth-order valence-corrected chi connectivity index (χ4v) is 2.41. The summed E-state index contributed by atoms with van der Waals surface area (Å²) in [5.74, 6) is 2.64. The van der Waals surface area contributed by atoms with Crippen LogP contribution in [0, 0.1) is 0 Å². The molecule has 2 N–H and O–H groups in total. The smallest absolute Gasteiger partial charge is 0.191 e. The van der Waals surface area contributed by atoms with Gasteiger partial charge in [0.2, 0.25) is 0 Å². The maximum Gasteiger partial charge on any atom is 0.191 e. The molecular weight excluding hydrogens is 445 g/mol. The fraction of sp³-hybridized carbons (Fsp3) is 0.421. The van der Waals surface area contributed by atoms with Crippen LogP contribution in [0.2, 0.25) is 0 Å². The van der Waals surface area contributed by atoms with E-state index >= 15 is 0 Å². The van der Waals surface area contributed by atoms with Crippen molar-refractivity contribution in [1.29, 1.82) is 0 Å². The SMILES string of the molecule is COCCN=C(NCCc1ccco1)NCCc1ccccc1OC.I. The van der Waals surface area contributed by atoms with Crippen molar-refractivity contribution < 1.29 is 13.9 Å². The molecule has 144 valence electrons. The van der Waals surface area contributed by atoms with Gasteiger partial charge in [0.05, 0.1) is 26.5 Å². The molecule has 0 aliphatic heterocycles. The number of halogens is 1. The average molecular weight is 473 g/mol. The standard InChI is InChI=1S/C19H27N3O3.HI/c1-23-15-13-22-19(21-12-10-17-7-5-14-25-17)20-11-9-16-6-3-4-8-18(16)24-2;/h3-8,14H,9-13,15H2,1-2H3,(H2,20,21,22);1H. The van der Waals surface area contributed by atoms with E-state index in [9.17, 15) is 0 Å². The molecule has 0 atom stereocenters. The number of rotatable bonds is 10. The number of ether oxygens (including phenoxy) is 2. The van der Waals surface area contributed by atoms with Gasteiger partial charge in [-0.05, 0) is 30.2 Å². The minimum atomic E-state index is 0. The third-order valence-electron chi connectivity index (χ3n) is 3.69. The molecule has 0 fully saturated rings. The monoisotopic (exact) mass is 473 g/mol. The second-order valence-corrected chi connectivity index (χ2v) is 5.47. The third-order valence-corrected chi connectivity index (χ3v) is 3.69. The van der Waals surface area contributed by atoms with E-state index in [1.54, 1.807) is 20.5 Å². The maximum atomic E-state index is 5.39. The van der Waals surface area contributed by atoms with Crippen LogP contribution in [0.1, 0.15) is 11.3 Å². The van der Waals surface area contributed by atoms with Gasteiger partial charge in [-0.15, -0.1) is 24.0 Å². The summed E-state index contributed by atoms with van der Waals surface area (Å²) >= 11 is 0. The number of methoxy groups -OCH3 is 2. The molecule has 6 nitrogen and oxygen atoms in total. The van der Waals surface area contributed by atoms with Crippen LogP contribution in [-0.2, 0) is 17.6 Å². The largest absolute Gasteiger partial charge is 0.496 e. The summed E-state index contributed by atoms with van der Waals surface area (Å²) in [5, 5.41) is 6.68. The van der Waals surface area contributed by atoms with E-state index in [1.165, 1.54) is 5.56 Å². The minimum absolute atomic E-state index is 0. The van der Waals surface area contributed by atoms with Crippen LogP contribution in [0.15, 0.2) is 52.1 Å². The molecule has 2 rings (SSSR count). The van der Waals surface area contributed by atoms with Gasteiger partial charge in [-0.2, -0.15) is 0 Å². The van der Waals surface area contributed by atoms with Crippen LogP contribution in [0.3, 0.4) is 0 Å². The van der Waals surface area contributed by atoms with Crippen molar-refractivity contribution in [3.63, 3.8) is 0 Å². The summed E-state index contributed by atoms with van der Waals surface area (Å²) < 4.78 is 15.8. The summed E-state index contributed by atoms with van der Waals surface area (Å²) in [5.41, 5.74) is 1.17. The lowest BCUT2D eigenvalue weighted by molar-refractivity contribution is 0.208. The number of hydrogen-bond donors (Lipinski definition) is 2. The lowest BCUT2D eigenvalue weighted by Gasteiger charge is -2.13. The number of guanidine groups is 1. The first-order chi connectivity index (χ1) is 12.3. The van der Waals surface area contributed by atoms with Gasteiger partial charge in [0, 0.05) is 26.6 Å². The van der Waals surface area contributed by atoms with Crippen LogP contribution >= 0.6 is 24.0 Å². The molecule has 0 spiro atoms. The molecule has 0 saturated heterocycles. The second kappa shape index (κ2) is 13.5. The zero-order valence-corrected chi connectivity index (χ0v) is 17.7. The second-order valence-electron chi connectivity index (χ2n) is 5.47. The number of nitrogens with one attached hydrogen (secondary N) is 2. The highest BCUT2D eigenvalue weighted by Crippen LogP contribution is 2.17. The van der Waals surface area contributed by atoms with Gasteiger partial charge in [-0.1, -0.05) is 18.2 Å². The maximum absolute atomic E-state index is 5.39. The Hall–Kier alpha value is -1.74. The summed E-state index contributed by atoms with van der Waals surface area (Å²) in [4.78, 5) is 4.51. The molecular formula is C19H28IN3O3. The van der Waals surface area contributed by atoms with E-state index in [0.29, 0.717) is 13.2 Å². The Kier molecular flexibility index (Phi) is 11.5. The third kappa shape index (κ3) is 8.09. The van der Waals surface area contributed by atoms with Crippen molar-refractivity contribution in [3.05, 3.63) is 54.0 Å². The first-order valence-electron chi connectivity index (χ1n) is 8.49. The van der Waals surface area contributed by atoms with Gasteiger partial charge < -0.3 is 24.5 Å². The summed E-state index contributed by atoms with van der Waals surface area (Å²) in [6.07, 6.45) is 3.35. The van der Waals surface area contributed by atoms with E-state index in [4.69, 9.17) is 13.9 Å². The summed E-state index contributed by atoms with van der Waals surface area (Å²) in [6.45, 7) is 2.72. The molecule has 26 heavy (non-hydrogen) atoms. The number of hydrogen-bond acceptors (Lipinski definition) is 4. The number of para-hydroxylation sites is 1. The first-order valence-corrected chi connectivity index (χ1v) is 8.49. The lowest BCUT2D eigenvalue weighted by atomic mass is 10.1. The Bertz CT molecular complexity index is 633. The van der Waals surface area contributed by atoms with E-state index in [1.807, 2.05) is 30.3 Å².